The van der Waals surface area contributed by atoms with Crippen molar-refractivity contribution in [3.8, 4) is 0 Å². The molecule has 0 aliphatic heterocycles. The molecule has 1 saturated carbocycles. The van der Waals surface area contributed by atoms with Gasteiger partial charge in [-0.3, -0.25) is 4.68 Å². The maximum atomic E-state index is 4.59. The summed E-state index contributed by atoms with van der Waals surface area (Å²) in [6.45, 7) is 0. The fraction of sp³-hybridized carbons (Fsp3) is 0.278. The normalized spacial score (nSPS) is 15.5. The van der Waals surface area contributed by atoms with E-state index in [1.807, 2.05) is 42.2 Å². The summed E-state index contributed by atoms with van der Waals surface area (Å²) < 4.78 is 1.95. The number of hydrogen-bond acceptors (Lipinski definition) is 3. The van der Waals surface area contributed by atoms with Gasteiger partial charge >= 0.3 is 0 Å². The van der Waals surface area contributed by atoms with E-state index < -0.39 is 0 Å². The second-order valence-electron chi connectivity index (χ2n) is 5.86. The molecule has 0 spiro atoms. The van der Waals surface area contributed by atoms with Crippen LogP contribution in [0.2, 0.25) is 0 Å². The monoisotopic (exact) mass is 290 g/mol. The Labute approximate surface area is 129 Å². The highest BCUT2D eigenvalue weighted by molar-refractivity contribution is 5.77. The van der Waals surface area contributed by atoms with Crippen molar-refractivity contribution >= 4 is 23.2 Å². The van der Waals surface area contributed by atoms with Crippen LogP contribution in [-0.2, 0) is 7.05 Å². The van der Waals surface area contributed by atoms with Crippen LogP contribution in [0.25, 0.3) is 23.2 Å². The van der Waals surface area contributed by atoms with Crippen molar-refractivity contribution in [1.82, 2.24) is 19.7 Å². The SMILES string of the molecule is Cn1ncc(C2CCC2)c1C=Cc1ccc2cccnc2n1. The second-order valence-corrected chi connectivity index (χ2v) is 5.86. The van der Waals surface area contributed by atoms with Crippen molar-refractivity contribution in [2.24, 2.45) is 7.05 Å². The first-order chi connectivity index (χ1) is 10.8. The topological polar surface area (TPSA) is 43.6 Å². The van der Waals surface area contributed by atoms with Crippen molar-refractivity contribution in [2.45, 2.75) is 25.2 Å². The summed E-state index contributed by atoms with van der Waals surface area (Å²) in [5.41, 5.74) is 4.26. The molecule has 0 amide bonds. The van der Waals surface area contributed by atoms with Crippen molar-refractivity contribution in [2.75, 3.05) is 0 Å². The van der Waals surface area contributed by atoms with E-state index in [0.29, 0.717) is 5.92 Å². The second kappa shape index (κ2) is 5.37. The van der Waals surface area contributed by atoms with E-state index in [9.17, 15) is 0 Å². The number of aryl methyl sites for hydroxylation is 1. The molecule has 22 heavy (non-hydrogen) atoms. The molecule has 1 aliphatic carbocycles. The van der Waals surface area contributed by atoms with Crippen LogP contribution < -0.4 is 0 Å². The molecule has 1 fully saturated rings. The van der Waals surface area contributed by atoms with E-state index in [2.05, 4.69) is 27.2 Å². The number of rotatable bonds is 3. The molecule has 0 atom stereocenters. The molecule has 0 unspecified atom stereocenters. The molecular formula is C18H18N4. The highest BCUT2D eigenvalue weighted by Crippen LogP contribution is 2.38. The zero-order chi connectivity index (χ0) is 14.9. The number of hydrogen-bond donors (Lipinski definition) is 0. The summed E-state index contributed by atoms with van der Waals surface area (Å²) in [4.78, 5) is 8.90. The Hall–Kier alpha value is -2.49. The van der Waals surface area contributed by atoms with E-state index in [4.69, 9.17) is 0 Å². The number of nitrogens with zero attached hydrogens (tertiary/aromatic N) is 4. The molecule has 4 rings (SSSR count). The third-order valence-electron chi connectivity index (χ3n) is 4.46. The number of aromatic nitrogens is 4. The van der Waals surface area contributed by atoms with Gasteiger partial charge in [0.25, 0.3) is 0 Å². The Bertz CT molecular complexity index is 843. The molecular weight excluding hydrogens is 272 g/mol. The van der Waals surface area contributed by atoms with Crippen LogP contribution in [0.1, 0.15) is 42.1 Å². The lowest BCUT2D eigenvalue weighted by atomic mass is 9.80. The van der Waals surface area contributed by atoms with Gasteiger partial charge in [-0.1, -0.05) is 6.42 Å². The van der Waals surface area contributed by atoms with Gasteiger partial charge in [-0.15, -0.1) is 0 Å². The van der Waals surface area contributed by atoms with Crippen LogP contribution in [0, 0.1) is 0 Å². The Balaban J connectivity index is 1.67. The van der Waals surface area contributed by atoms with E-state index in [0.717, 1.165) is 16.7 Å². The van der Waals surface area contributed by atoms with E-state index in [1.165, 1.54) is 30.5 Å². The van der Waals surface area contributed by atoms with E-state index >= 15 is 0 Å². The Morgan fingerprint density at radius 2 is 2.09 bits per heavy atom. The van der Waals surface area contributed by atoms with Crippen LogP contribution in [0.5, 0.6) is 0 Å². The third-order valence-corrected chi connectivity index (χ3v) is 4.46. The molecule has 0 N–H and O–H groups in total. The molecule has 110 valence electrons. The molecule has 4 heteroatoms. The lowest BCUT2D eigenvalue weighted by Gasteiger charge is -2.25. The third kappa shape index (κ3) is 2.30. The van der Waals surface area contributed by atoms with E-state index in [1.54, 1.807) is 6.20 Å². The van der Waals surface area contributed by atoms with Crippen LogP contribution >= 0.6 is 0 Å². The standard InChI is InChI=1S/C18H18N4/c1-22-17(16(12-20-22)13-4-2-5-13)10-9-15-8-7-14-6-3-11-19-18(14)21-15/h3,6-13H,2,4-5H2,1H3. The Morgan fingerprint density at radius 3 is 2.91 bits per heavy atom. The quantitative estimate of drug-likeness (QED) is 0.737. The summed E-state index contributed by atoms with van der Waals surface area (Å²) in [5.74, 6) is 0.680. The van der Waals surface area contributed by atoms with Crippen molar-refractivity contribution < 1.29 is 0 Å². The highest BCUT2D eigenvalue weighted by atomic mass is 15.3. The molecule has 0 radical (unpaired) electrons. The number of pyridine rings is 2. The van der Waals surface area contributed by atoms with Gasteiger partial charge in [-0.2, -0.15) is 5.10 Å². The van der Waals surface area contributed by atoms with Crippen LogP contribution in [0.4, 0.5) is 0 Å². The molecule has 0 aromatic carbocycles. The van der Waals surface area contributed by atoms with Gasteiger partial charge in [0.05, 0.1) is 17.6 Å². The van der Waals surface area contributed by atoms with Gasteiger partial charge in [0.2, 0.25) is 0 Å². The van der Waals surface area contributed by atoms with Gasteiger partial charge in [-0.05, 0) is 55.2 Å². The first kappa shape index (κ1) is 13.2. The smallest absolute Gasteiger partial charge is 0.159 e. The Kier molecular flexibility index (Phi) is 3.22. The lowest BCUT2D eigenvalue weighted by molar-refractivity contribution is 0.419. The molecule has 3 aromatic heterocycles. The number of fused-ring (bicyclic) bond motifs is 1. The van der Waals surface area contributed by atoms with Crippen LogP contribution in [0.15, 0.2) is 36.7 Å². The molecule has 3 aromatic rings. The minimum atomic E-state index is 0.680. The minimum absolute atomic E-state index is 0.680. The summed E-state index contributed by atoms with van der Waals surface area (Å²) in [6, 6.07) is 8.05. The first-order valence-electron chi connectivity index (χ1n) is 7.73. The van der Waals surface area contributed by atoms with Crippen LogP contribution in [-0.4, -0.2) is 19.7 Å². The molecule has 4 nitrogen and oxygen atoms in total. The summed E-state index contributed by atoms with van der Waals surface area (Å²) in [6.07, 6.45) is 11.9. The van der Waals surface area contributed by atoms with Crippen molar-refractivity contribution in [3.05, 3.63) is 53.6 Å². The average molecular weight is 290 g/mol. The summed E-state index contributed by atoms with van der Waals surface area (Å²) >= 11 is 0. The van der Waals surface area contributed by atoms with Gasteiger partial charge in [-0.25, -0.2) is 9.97 Å². The lowest BCUT2D eigenvalue weighted by Crippen LogP contribution is -2.09. The van der Waals surface area contributed by atoms with Gasteiger partial charge < -0.3 is 0 Å². The zero-order valence-electron chi connectivity index (χ0n) is 12.6. The highest BCUT2D eigenvalue weighted by Gasteiger charge is 2.23. The van der Waals surface area contributed by atoms with Gasteiger partial charge in [0.15, 0.2) is 5.65 Å². The maximum Gasteiger partial charge on any atom is 0.159 e. The largest absolute Gasteiger partial charge is 0.268 e. The predicted octanol–water partition coefficient (Wildman–Crippen LogP) is 3.80. The molecule has 0 saturated heterocycles. The summed E-state index contributed by atoms with van der Waals surface area (Å²) in [7, 11) is 2.00. The van der Waals surface area contributed by atoms with Gasteiger partial charge in [0.1, 0.15) is 0 Å². The van der Waals surface area contributed by atoms with E-state index in [-0.39, 0.29) is 0 Å². The molecule has 3 heterocycles. The van der Waals surface area contributed by atoms with Crippen molar-refractivity contribution in [3.63, 3.8) is 0 Å². The first-order valence-corrected chi connectivity index (χ1v) is 7.73. The fourth-order valence-corrected chi connectivity index (χ4v) is 2.93. The minimum Gasteiger partial charge on any atom is -0.268 e. The molecule has 1 aliphatic rings. The zero-order valence-corrected chi connectivity index (χ0v) is 12.6. The van der Waals surface area contributed by atoms with Crippen LogP contribution in [0.3, 0.4) is 0 Å². The summed E-state index contributed by atoms with van der Waals surface area (Å²) in [5, 5.41) is 5.48. The van der Waals surface area contributed by atoms with Gasteiger partial charge in [0, 0.05) is 24.2 Å². The Morgan fingerprint density at radius 1 is 1.18 bits per heavy atom. The fourth-order valence-electron chi connectivity index (χ4n) is 2.93. The predicted molar refractivity (Wildman–Crippen MR) is 88.3 cm³/mol. The maximum absolute atomic E-state index is 4.59. The average Bonchev–Trinajstić information content (AvgIpc) is 2.84. The molecule has 0 bridgehead atoms. The van der Waals surface area contributed by atoms with Crippen molar-refractivity contribution in [1.29, 1.82) is 0 Å².